The van der Waals surface area contributed by atoms with Crippen molar-refractivity contribution in [1.29, 1.82) is 0 Å². The number of rotatable bonds is 7. The Bertz CT molecular complexity index is 889. The molecule has 0 bridgehead atoms. The van der Waals surface area contributed by atoms with Crippen LogP contribution >= 0.6 is 11.3 Å². The molecule has 0 radical (unpaired) electrons. The second-order valence-corrected chi connectivity index (χ2v) is 9.87. The van der Waals surface area contributed by atoms with Crippen molar-refractivity contribution >= 4 is 27.3 Å². The first-order chi connectivity index (χ1) is 13.4. The van der Waals surface area contributed by atoms with Gasteiger partial charge in [-0.25, -0.2) is 17.9 Å². The molecular formula is C20H26N2O4S2. The zero-order valence-electron chi connectivity index (χ0n) is 16.1. The standard InChI is InChI=1S/C20H26N2O4S2/c1-15-8-10-22(11-9-15)18(19-7-4-12-27-19)14-21-28(24,25)17-6-3-5-16(13-17)20(23)26-2/h3-7,12-13,15,18,21H,8-11,14H2,1-2H3. The topological polar surface area (TPSA) is 75.7 Å². The van der Waals surface area contributed by atoms with Gasteiger partial charge in [0.05, 0.1) is 23.6 Å². The third kappa shape index (κ3) is 5.00. The molecule has 0 amide bonds. The molecule has 0 spiro atoms. The summed E-state index contributed by atoms with van der Waals surface area (Å²) in [6, 6.07) is 9.96. The van der Waals surface area contributed by atoms with Crippen LogP contribution in [0.4, 0.5) is 0 Å². The van der Waals surface area contributed by atoms with Gasteiger partial charge in [0.1, 0.15) is 0 Å². The molecular weight excluding hydrogens is 396 g/mol. The lowest BCUT2D eigenvalue weighted by Crippen LogP contribution is -2.41. The van der Waals surface area contributed by atoms with E-state index in [9.17, 15) is 13.2 Å². The normalized spacial score (nSPS) is 17.4. The summed E-state index contributed by atoms with van der Waals surface area (Å²) >= 11 is 1.64. The van der Waals surface area contributed by atoms with Crippen molar-refractivity contribution < 1.29 is 17.9 Å². The molecule has 1 aliphatic rings. The fraction of sp³-hybridized carbons (Fsp3) is 0.450. The van der Waals surface area contributed by atoms with Gasteiger partial charge in [0, 0.05) is 11.4 Å². The van der Waals surface area contributed by atoms with E-state index in [0.717, 1.165) is 30.8 Å². The molecule has 6 nitrogen and oxygen atoms in total. The van der Waals surface area contributed by atoms with E-state index >= 15 is 0 Å². The first kappa shape index (κ1) is 21.0. The minimum Gasteiger partial charge on any atom is -0.465 e. The number of hydrogen-bond donors (Lipinski definition) is 1. The van der Waals surface area contributed by atoms with Gasteiger partial charge in [0.25, 0.3) is 0 Å². The molecule has 1 fully saturated rings. The van der Waals surface area contributed by atoms with Crippen molar-refractivity contribution in [3.05, 3.63) is 52.2 Å². The number of ether oxygens (including phenoxy) is 1. The first-order valence-electron chi connectivity index (χ1n) is 9.36. The molecule has 1 aliphatic heterocycles. The molecule has 1 atom stereocenters. The van der Waals surface area contributed by atoms with E-state index < -0.39 is 16.0 Å². The van der Waals surface area contributed by atoms with E-state index in [1.165, 1.54) is 25.3 Å². The summed E-state index contributed by atoms with van der Waals surface area (Å²) in [5.74, 6) is 0.147. The van der Waals surface area contributed by atoms with E-state index in [-0.39, 0.29) is 16.5 Å². The number of sulfonamides is 1. The van der Waals surface area contributed by atoms with Gasteiger partial charge in [-0.2, -0.15) is 0 Å². The lowest BCUT2D eigenvalue weighted by molar-refractivity contribution is 0.0600. The predicted octanol–water partition coefficient (Wildman–Crippen LogP) is 3.29. The molecule has 2 aromatic rings. The Balaban J connectivity index is 1.76. The zero-order valence-corrected chi connectivity index (χ0v) is 17.8. The van der Waals surface area contributed by atoms with E-state index in [0.29, 0.717) is 12.5 Å². The van der Waals surface area contributed by atoms with Gasteiger partial charge in [-0.05, 0) is 61.5 Å². The molecule has 1 N–H and O–H groups in total. The Morgan fingerprint density at radius 3 is 2.68 bits per heavy atom. The predicted molar refractivity (Wildman–Crippen MR) is 110 cm³/mol. The number of carbonyl (C=O) groups is 1. The molecule has 1 aromatic carbocycles. The van der Waals surface area contributed by atoms with Crippen LogP contribution in [-0.2, 0) is 14.8 Å². The number of hydrogen-bond acceptors (Lipinski definition) is 6. The molecule has 2 heterocycles. The molecule has 8 heteroatoms. The van der Waals surface area contributed by atoms with Gasteiger partial charge in [-0.1, -0.05) is 19.1 Å². The lowest BCUT2D eigenvalue weighted by Gasteiger charge is -2.36. The molecule has 1 aromatic heterocycles. The molecule has 1 saturated heterocycles. The molecule has 28 heavy (non-hydrogen) atoms. The number of piperidine rings is 1. The maximum Gasteiger partial charge on any atom is 0.337 e. The van der Waals surface area contributed by atoms with Crippen molar-refractivity contribution in [2.45, 2.75) is 30.7 Å². The zero-order chi connectivity index (χ0) is 20.1. The average Bonchev–Trinajstić information content (AvgIpc) is 3.23. The smallest absolute Gasteiger partial charge is 0.337 e. The van der Waals surface area contributed by atoms with Gasteiger partial charge in [0.2, 0.25) is 10.0 Å². The molecule has 0 aliphatic carbocycles. The minimum atomic E-state index is -3.74. The number of nitrogens with one attached hydrogen (secondary N) is 1. The van der Waals surface area contributed by atoms with Crippen LogP contribution in [0.25, 0.3) is 0 Å². The second kappa shape index (κ2) is 9.17. The van der Waals surface area contributed by atoms with Crippen LogP contribution in [0.1, 0.15) is 41.0 Å². The third-order valence-electron chi connectivity index (χ3n) is 5.16. The van der Waals surface area contributed by atoms with Crippen LogP contribution < -0.4 is 4.72 Å². The summed E-state index contributed by atoms with van der Waals surface area (Å²) in [6.07, 6.45) is 2.24. The van der Waals surface area contributed by atoms with Crippen molar-refractivity contribution in [1.82, 2.24) is 9.62 Å². The molecule has 3 rings (SSSR count). The minimum absolute atomic E-state index is 0.00562. The van der Waals surface area contributed by atoms with Crippen LogP contribution in [0.3, 0.4) is 0 Å². The summed E-state index contributed by atoms with van der Waals surface area (Å²) in [4.78, 5) is 15.3. The quantitative estimate of drug-likeness (QED) is 0.693. The third-order valence-corrected chi connectivity index (χ3v) is 7.56. The number of benzene rings is 1. The number of likely N-dealkylation sites (tertiary alicyclic amines) is 1. The van der Waals surface area contributed by atoms with Crippen LogP contribution in [0.5, 0.6) is 0 Å². The number of nitrogens with zero attached hydrogens (tertiary/aromatic N) is 1. The van der Waals surface area contributed by atoms with E-state index in [1.54, 1.807) is 17.4 Å². The van der Waals surface area contributed by atoms with E-state index in [1.807, 2.05) is 11.4 Å². The SMILES string of the molecule is COC(=O)c1cccc(S(=O)(=O)NCC(c2cccs2)N2CCC(C)CC2)c1. The van der Waals surface area contributed by atoms with Gasteiger partial charge >= 0.3 is 5.97 Å². The maximum absolute atomic E-state index is 12.8. The summed E-state index contributed by atoms with van der Waals surface area (Å²) in [5, 5.41) is 2.02. The Hall–Kier alpha value is -1.74. The van der Waals surface area contributed by atoms with Gasteiger partial charge in [-0.15, -0.1) is 11.3 Å². The largest absolute Gasteiger partial charge is 0.465 e. The molecule has 0 saturated carbocycles. The summed E-state index contributed by atoms with van der Waals surface area (Å²) in [6.45, 7) is 4.47. The average molecular weight is 423 g/mol. The summed E-state index contributed by atoms with van der Waals surface area (Å²) < 4.78 is 33.1. The van der Waals surface area contributed by atoms with Crippen LogP contribution in [0.2, 0.25) is 0 Å². The number of thiophene rings is 1. The van der Waals surface area contributed by atoms with Crippen molar-refractivity contribution in [3.63, 3.8) is 0 Å². The fourth-order valence-corrected chi connectivity index (χ4v) is 5.36. The Morgan fingerprint density at radius 1 is 1.29 bits per heavy atom. The molecule has 1 unspecified atom stereocenters. The van der Waals surface area contributed by atoms with E-state index in [2.05, 4.69) is 27.3 Å². The Kier molecular flexibility index (Phi) is 6.87. The van der Waals surface area contributed by atoms with Crippen LogP contribution in [0, 0.1) is 5.92 Å². The van der Waals surface area contributed by atoms with Crippen molar-refractivity contribution in [2.24, 2.45) is 5.92 Å². The first-order valence-corrected chi connectivity index (χ1v) is 11.7. The second-order valence-electron chi connectivity index (χ2n) is 7.12. The van der Waals surface area contributed by atoms with Gasteiger partial charge in [-0.3, -0.25) is 4.90 Å². The number of methoxy groups -OCH3 is 1. The highest BCUT2D eigenvalue weighted by molar-refractivity contribution is 7.89. The fourth-order valence-electron chi connectivity index (χ4n) is 3.41. The number of esters is 1. The maximum atomic E-state index is 12.8. The lowest BCUT2D eigenvalue weighted by atomic mass is 9.97. The van der Waals surface area contributed by atoms with Crippen LogP contribution in [-0.4, -0.2) is 46.0 Å². The van der Waals surface area contributed by atoms with Crippen molar-refractivity contribution in [3.8, 4) is 0 Å². The highest BCUT2D eigenvalue weighted by atomic mass is 32.2. The highest BCUT2D eigenvalue weighted by Gasteiger charge is 2.27. The number of carbonyl (C=O) groups excluding carboxylic acids is 1. The van der Waals surface area contributed by atoms with Crippen molar-refractivity contribution in [2.75, 3.05) is 26.7 Å². The molecule has 152 valence electrons. The van der Waals surface area contributed by atoms with Crippen LogP contribution in [0.15, 0.2) is 46.7 Å². The Labute approximate surface area is 170 Å². The van der Waals surface area contributed by atoms with Gasteiger partial charge in [0.15, 0.2) is 0 Å². The Morgan fingerprint density at radius 2 is 2.04 bits per heavy atom. The van der Waals surface area contributed by atoms with E-state index in [4.69, 9.17) is 0 Å². The van der Waals surface area contributed by atoms with Gasteiger partial charge < -0.3 is 4.74 Å². The summed E-state index contributed by atoms with van der Waals surface area (Å²) in [5.41, 5.74) is 0.213. The summed E-state index contributed by atoms with van der Waals surface area (Å²) in [7, 11) is -2.47. The highest BCUT2D eigenvalue weighted by Crippen LogP contribution is 2.29. The monoisotopic (exact) mass is 422 g/mol.